The zero-order valence-corrected chi connectivity index (χ0v) is 18.3. The molecule has 0 spiro atoms. The van der Waals surface area contributed by atoms with E-state index in [9.17, 15) is 14.4 Å². The van der Waals surface area contributed by atoms with E-state index in [1.54, 1.807) is 0 Å². The summed E-state index contributed by atoms with van der Waals surface area (Å²) in [5.74, 6) is 0.677. The lowest BCUT2D eigenvalue weighted by Crippen LogP contribution is -2.55. The summed E-state index contributed by atoms with van der Waals surface area (Å²) in [5, 5.41) is 3.02. The normalized spacial score (nSPS) is 25.2. The van der Waals surface area contributed by atoms with Crippen molar-refractivity contribution in [3.8, 4) is 0 Å². The molecule has 0 radical (unpaired) electrons. The molecule has 0 bridgehead atoms. The second kappa shape index (κ2) is 8.05. The van der Waals surface area contributed by atoms with Crippen molar-refractivity contribution in [2.24, 2.45) is 11.8 Å². The number of imide groups is 1. The second-order valence-electron chi connectivity index (χ2n) is 9.73. The molecule has 2 heterocycles. The molecule has 2 fully saturated rings. The maximum absolute atomic E-state index is 13.4. The van der Waals surface area contributed by atoms with Crippen LogP contribution in [-0.4, -0.2) is 52.3 Å². The maximum Gasteiger partial charge on any atom is 0.325 e. The Bertz CT molecular complexity index is 819. The Kier molecular flexibility index (Phi) is 5.60. The molecule has 3 aliphatic rings. The fourth-order valence-electron chi connectivity index (χ4n) is 5.28. The molecule has 1 atom stereocenters. The van der Waals surface area contributed by atoms with Gasteiger partial charge in [0.25, 0.3) is 5.91 Å². The Balaban J connectivity index is 1.39. The highest BCUT2D eigenvalue weighted by atomic mass is 16.2. The highest BCUT2D eigenvalue weighted by Crippen LogP contribution is 2.36. The van der Waals surface area contributed by atoms with Crippen molar-refractivity contribution in [1.29, 1.82) is 0 Å². The number of rotatable bonds is 5. The fraction of sp³-hybridized carbons (Fsp3) is 0.625. The Labute approximate surface area is 179 Å². The number of amides is 4. The summed E-state index contributed by atoms with van der Waals surface area (Å²) in [6.07, 6.45) is 4.45. The van der Waals surface area contributed by atoms with Gasteiger partial charge in [0.05, 0.1) is 0 Å². The standard InChI is InChI=1S/C24H33N3O3/c1-16(2)8-9-21(28)26-12-10-19(11-13-26)24(3)22(29)27(23(30)25-24)20-14-17-6-4-5-7-18(17)15-20/h4-7,16,19-20H,8-15H2,1-3H3,(H,25,30)/t24-/m1/s1. The zero-order valence-electron chi connectivity index (χ0n) is 18.3. The molecule has 2 saturated heterocycles. The van der Waals surface area contributed by atoms with Crippen LogP contribution in [0.3, 0.4) is 0 Å². The largest absolute Gasteiger partial charge is 0.343 e. The van der Waals surface area contributed by atoms with E-state index in [4.69, 9.17) is 0 Å². The minimum absolute atomic E-state index is 0.0527. The lowest BCUT2D eigenvalue weighted by Gasteiger charge is -2.39. The molecule has 1 aliphatic carbocycles. The number of nitrogens with zero attached hydrogens (tertiary/aromatic N) is 2. The number of benzene rings is 1. The van der Waals surface area contributed by atoms with E-state index in [2.05, 4.69) is 31.3 Å². The molecule has 6 nitrogen and oxygen atoms in total. The lowest BCUT2D eigenvalue weighted by molar-refractivity contribution is -0.136. The molecule has 30 heavy (non-hydrogen) atoms. The summed E-state index contributed by atoms with van der Waals surface area (Å²) in [5.41, 5.74) is 1.58. The second-order valence-corrected chi connectivity index (χ2v) is 9.73. The third kappa shape index (κ3) is 3.72. The molecule has 6 heteroatoms. The van der Waals surface area contributed by atoms with Crippen LogP contribution in [0.2, 0.25) is 0 Å². The van der Waals surface area contributed by atoms with Gasteiger partial charge in [-0.15, -0.1) is 0 Å². The van der Waals surface area contributed by atoms with Gasteiger partial charge in [0.15, 0.2) is 0 Å². The van der Waals surface area contributed by atoms with Crippen LogP contribution in [0.4, 0.5) is 4.79 Å². The number of likely N-dealkylation sites (tertiary alicyclic amines) is 1. The van der Waals surface area contributed by atoms with E-state index >= 15 is 0 Å². The minimum atomic E-state index is -0.876. The summed E-state index contributed by atoms with van der Waals surface area (Å²) in [6.45, 7) is 7.45. The first-order chi connectivity index (χ1) is 14.3. The van der Waals surface area contributed by atoms with E-state index in [1.165, 1.54) is 16.0 Å². The summed E-state index contributed by atoms with van der Waals surface area (Å²) in [7, 11) is 0. The van der Waals surface area contributed by atoms with E-state index in [1.807, 2.05) is 24.0 Å². The van der Waals surface area contributed by atoms with Crippen molar-refractivity contribution in [2.75, 3.05) is 13.1 Å². The minimum Gasteiger partial charge on any atom is -0.343 e. The highest BCUT2D eigenvalue weighted by Gasteiger charge is 2.55. The van der Waals surface area contributed by atoms with Gasteiger partial charge >= 0.3 is 6.03 Å². The van der Waals surface area contributed by atoms with Gasteiger partial charge in [-0.2, -0.15) is 0 Å². The van der Waals surface area contributed by atoms with Gasteiger partial charge in [-0.25, -0.2) is 4.79 Å². The molecule has 2 aliphatic heterocycles. The summed E-state index contributed by atoms with van der Waals surface area (Å²) < 4.78 is 0. The average Bonchev–Trinajstić information content (AvgIpc) is 3.24. The van der Waals surface area contributed by atoms with Crippen molar-refractivity contribution in [3.63, 3.8) is 0 Å². The molecular formula is C24H33N3O3. The third-order valence-corrected chi connectivity index (χ3v) is 7.24. The molecule has 1 N–H and O–H groups in total. The molecule has 4 rings (SSSR count). The quantitative estimate of drug-likeness (QED) is 0.757. The number of nitrogens with one attached hydrogen (secondary N) is 1. The number of piperidine rings is 1. The van der Waals surface area contributed by atoms with Crippen LogP contribution in [0.15, 0.2) is 24.3 Å². The van der Waals surface area contributed by atoms with Crippen molar-refractivity contribution in [1.82, 2.24) is 15.1 Å². The van der Waals surface area contributed by atoms with Gasteiger partial charge < -0.3 is 10.2 Å². The van der Waals surface area contributed by atoms with Crippen molar-refractivity contribution >= 4 is 17.8 Å². The number of urea groups is 1. The van der Waals surface area contributed by atoms with E-state index in [0.717, 1.165) is 32.1 Å². The molecule has 0 unspecified atom stereocenters. The van der Waals surface area contributed by atoms with Crippen molar-refractivity contribution in [3.05, 3.63) is 35.4 Å². The Morgan fingerprint density at radius 3 is 2.30 bits per heavy atom. The SMILES string of the molecule is CC(C)CCC(=O)N1CCC([C@@]2(C)NC(=O)N(C3Cc4ccccc4C3)C2=O)CC1. The summed E-state index contributed by atoms with van der Waals surface area (Å²) in [6, 6.07) is 7.81. The molecule has 4 amide bonds. The molecule has 0 saturated carbocycles. The average molecular weight is 412 g/mol. The predicted octanol–water partition coefficient (Wildman–Crippen LogP) is 3.14. The van der Waals surface area contributed by atoms with E-state index in [-0.39, 0.29) is 29.8 Å². The number of hydrogen-bond donors (Lipinski definition) is 1. The van der Waals surface area contributed by atoms with E-state index in [0.29, 0.717) is 25.4 Å². The van der Waals surface area contributed by atoms with Gasteiger partial charge in [0.2, 0.25) is 5.91 Å². The smallest absolute Gasteiger partial charge is 0.325 e. The zero-order chi connectivity index (χ0) is 21.5. The van der Waals surface area contributed by atoms with Crippen LogP contribution in [0.25, 0.3) is 0 Å². The predicted molar refractivity (Wildman–Crippen MR) is 115 cm³/mol. The van der Waals surface area contributed by atoms with Crippen LogP contribution >= 0.6 is 0 Å². The van der Waals surface area contributed by atoms with Crippen molar-refractivity contribution in [2.45, 2.75) is 70.9 Å². The Morgan fingerprint density at radius 1 is 1.13 bits per heavy atom. The maximum atomic E-state index is 13.4. The topological polar surface area (TPSA) is 69.7 Å². The molecular weight excluding hydrogens is 378 g/mol. The molecule has 1 aromatic rings. The third-order valence-electron chi connectivity index (χ3n) is 7.24. The fourth-order valence-corrected chi connectivity index (χ4v) is 5.28. The van der Waals surface area contributed by atoms with E-state index < -0.39 is 5.54 Å². The summed E-state index contributed by atoms with van der Waals surface area (Å²) >= 11 is 0. The van der Waals surface area contributed by atoms with Crippen LogP contribution in [-0.2, 0) is 22.4 Å². The monoisotopic (exact) mass is 411 g/mol. The number of hydrogen-bond acceptors (Lipinski definition) is 3. The van der Waals surface area contributed by atoms with Gasteiger partial charge in [-0.1, -0.05) is 38.1 Å². The van der Waals surface area contributed by atoms with Crippen LogP contribution in [0, 0.1) is 11.8 Å². The lowest BCUT2D eigenvalue weighted by atomic mass is 9.78. The van der Waals surface area contributed by atoms with Gasteiger partial charge in [-0.05, 0) is 62.0 Å². The molecule has 162 valence electrons. The van der Waals surface area contributed by atoms with Gasteiger partial charge in [-0.3, -0.25) is 14.5 Å². The first kappa shape index (κ1) is 20.9. The molecule has 0 aromatic heterocycles. The van der Waals surface area contributed by atoms with Crippen LogP contribution < -0.4 is 5.32 Å². The Morgan fingerprint density at radius 2 is 1.73 bits per heavy atom. The van der Waals surface area contributed by atoms with Gasteiger partial charge in [0, 0.05) is 25.6 Å². The van der Waals surface area contributed by atoms with Crippen molar-refractivity contribution < 1.29 is 14.4 Å². The first-order valence-electron chi connectivity index (χ1n) is 11.3. The number of carbonyl (C=O) groups is 3. The van der Waals surface area contributed by atoms with Gasteiger partial charge in [0.1, 0.15) is 5.54 Å². The Hall–Kier alpha value is -2.37. The number of fused-ring (bicyclic) bond motifs is 1. The molecule has 1 aromatic carbocycles. The van der Waals surface area contributed by atoms with Crippen LogP contribution in [0.1, 0.15) is 57.6 Å². The van der Waals surface area contributed by atoms with Crippen LogP contribution in [0.5, 0.6) is 0 Å². The first-order valence-corrected chi connectivity index (χ1v) is 11.3. The summed E-state index contributed by atoms with van der Waals surface area (Å²) in [4.78, 5) is 42.1. The highest BCUT2D eigenvalue weighted by molar-refractivity contribution is 6.07. The number of carbonyl (C=O) groups excluding carboxylic acids is 3.